The Bertz CT molecular complexity index is 926. The fourth-order valence-electron chi connectivity index (χ4n) is 7.69. The van der Waals surface area contributed by atoms with Gasteiger partial charge in [-0.1, -0.05) is 0 Å². The summed E-state index contributed by atoms with van der Waals surface area (Å²) in [5, 5.41) is 0. The molecule has 0 radical (unpaired) electrons. The predicted octanol–water partition coefficient (Wildman–Crippen LogP) is 5.37. The van der Waals surface area contributed by atoms with E-state index in [9.17, 15) is 0 Å². The first-order chi connectivity index (χ1) is 16.9. The summed E-state index contributed by atoms with van der Waals surface area (Å²) in [5.74, 6) is 2.47. The Morgan fingerprint density at radius 2 is 1.69 bits per heavy atom. The summed E-state index contributed by atoms with van der Waals surface area (Å²) in [4.78, 5) is 2.63. The number of rotatable bonds is 7. The van der Waals surface area contributed by atoms with Crippen LogP contribution < -0.4 is 14.4 Å². The van der Waals surface area contributed by atoms with Crippen LogP contribution in [-0.4, -0.2) is 63.8 Å². The van der Waals surface area contributed by atoms with Gasteiger partial charge in [-0.3, -0.25) is 0 Å². The monoisotopic (exact) mass is 551 g/mol. The Hall–Kier alpha value is -1.06. The van der Waals surface area contributed by atoms with Crippen molar-refractivity contribution in [3.63, 3.8) is 0 Å². The molecule has 5 aliphatic heterocycles. The molecular weight excluding hydrogens is 514 g/mol. The van der Waals surface area contributed by atoms with Gasteiger partial charge in [-0.2, -0.15) is 0 Å². The summed E-state index contributed by atoms with van der Waals surface area (Å²) in [7, 11) is 3.35. The number of fused-ring (bicyclic) bond motifs is 3. The maximum atomic E-state index is 6.81. The number of hydrogen-bond acceptors (Lipinski definition) is 7. The molecule has 4 saturated heterocycles. The van der Waals surface area contributed by atoms with Gasteiger partial charge in [-0.25, -0.2) is 0 Å². The molecule has 5 heterocycles. The van der Waals surface area contributed by atoms with Crippen molar-refractivity contribution in [3.05, 3.63) is 16.1 Å². The molecule has 1 saturated carbocycles. The fraction of sp³-hybridized carbons (Fsp3) is 0.778. The first-order valence-corrected chi connectivity index (χ1v) is 13.9. The van der Waals surface area contributed by atoms with E-state index in [0.29, 0.717) is 37.0 Å². The predicted molar refractivity (Wildman–Crippen MR) is 135 cm³/mol. The Labute approximate surface area is 216 Å². The molecule has 194 valence electrons. The van der Waals surface area contributed by atoms with Crippen molar-refractivity contribution >= 4 is 21.6 Å². The standard InChI is InChI=1S/C27H38BrNO6/c1-27(2)21-6-5-17(32-13-30-3)11-20(21)24-23(35-27)12-22(25(28)26(24)33-14-31-4)29-15-7-18-9-16(29)10-19(8-15)34-18/h12,15-21H,5-11,13-14H2,1-4H3/t15?,16?,17-,18?,19?,20+,21+/m0/s1. The molecule has 5 fully saturated rings. The largest absolute Gasteiger partial charge is 0.487 e. The Morgan fingerprint density at radius 1 is 1.00 bits per heavy atom. The first kappa shape index (κ1) is 24.3. The van der Waals surface area contributed by atoms with Crippen molar-refractivity contribution in [1.82, 2.24) is 0 Å². The van der Waals surface area contributed by atoms with E-state index in [1.165, 1.54) is 5.69 Å². The normalized spacial score (nSPS) is 36.5. The molecule has 4 bridgehead atoms. The maximum absolute atomic E-state index is 6.81. The number of halogens is 1. The molecule has 0 aromatic heterocycles. The summed E-state index contributed by atoms with van der Waals surface area (Å²) in [5.41, 5.74) is 2.07. The summed E-state index contributed by atoms with van der Waals surface area (Å²) < 4.78 is 37.0. The molecule has 1 aromatic carbocycles. The van der Waals surface area contributed by atoms with Crippen LogP contribution >= 0.6 is 15.9 Å². The van der Waals surface area contributed by atoms with Crippen LogP contribution in [0.1, 0.15) is 70.3 Å². The van der Waals surface area contributed by atoms with Gasteiger partial charge in [-0.05, 0) is 74.7 Å². The van der Waals surface area contributed by atoms with Gasteiger partial charge in [0.05, 0.1) is 28.5 Å². The zero-order chi connectivity index (χ0) is 24.3. The maximum Gasteiger partial charge on any atom is 0.188 e. The SMILES string of the molecule is COCOc1c(Br)c(N2C3CC4CC2CC(C3)O4)cc2c1[C@@H]1C[C@@H](OCOC)CC[C@H]1C(C)(C)O2. The highest BCUT2D eigenvalue weighted by molar-refractivity contribution is 9.10. The summed E-state index contributed by atoms with van der Waals surface area (Å²) in [6.45, 7) is 5.00. The molecule has 0 N–H and O–H groups in total. The van der Waals surface area contributed by atoms with Crippen LogP contribution in [0.5, 0.6) is 11.5 Å². The molecule has 6 aliphatic rings. The van der Waals surface area contributed by atoms with E-state index in [1.54, 1.807) is 14.2 Å². The second-order valence-corrected chi connectivity index (χ2v) is 12.3. The average molecular weight is 553 g/mol. The van der Waals surface area contributed by atoms with Gasteiger partial charge in [0.2, 0.25) is 0 Å². The van der Waals surface area contributed by atoms with E-state index in [-0.39, 0.29) is 24.4 Å². The highest BCUT2D eigenvalue weighted by Crippen LogP contribution is 2.59. The van der Waals surface area contributed by atoms with Gasteiger partial charge in [-0.15, -0.1) is 0 Å². The molecule has 0 amide bonds. The highest BCUT2D eigenvalue weighted by atomic mass is 79.9. The third kappa shape index (κ3) is 4.17. The van der Waals surface area contributed by atoms with E-state index in [2.05, 4.69) is 40.7 Å². The van der Waals surface area contributed by atoms with Gasteiger partial charge in [0.15, 0.2) is 6.79 Å². The molecule has 1 aliphatic carbocycles. The third-order valence-electron chi connectivity index (χ3n) is 8.97. The number of piperidine rings is 2. The van der Waals surface area contributed by atoms with Crippen molar-refractivity contribution < 1.29 is 28.4 Å². The van der Waals surface area contributed by atoms with Crippen molar-refractivity contribution in [2.45, 2.75) is 101 Å². The van der Waals surface area contributed by atoms with E-state index < -0.39 is 0 Å². The molecule has 0 unspecified atom stereocenters. The van der Waals surface area contributed by atoms with E-state index >= 15 is 0 Å². The van der Waals surface area contributed by atoms with Gasteiger partial charge in [0, 0.05) is 49.8 Å². The van der Waals surface area contributed by atoms with Gasteiger partial charge >= 0.3 is 0 Å². The molecule has 0 spiro atoms. The minimum absolute atomic E-state index is 0.167. The lowest BCUT2D eigenvalue weighted by Gasteiger charge is -2.57. The topological polar surface area (TPSA) is 58.6 Å². The second-order valence-electron chi connectivity index (χ2n) is 11.5. The van der Waals surface area contributed by atoms with Crippen molar-refractivity contribution in [1.29, 1.82) is 0 Å². The molecular formula is C27H38BrNO6. The zero-order valence-electron chi connectivity index (χ0n) is 21.3. The van der Waals surface area contributed by atoms with Gasteiger partial charge in [0.25, 0.3) is 0 Å². The fourth-order valence-corrected chi connectivity index (χ4v) is 8.34. The lowest BCUT2D eigenvalue weighted by Crippen LogP contribution is -2.62. The van der Waals surface area contributed by atoms with E-state index in [4.69, 9.17) is 28.4 Å². The van der Waals surface area contributed by atoms with Gasteiger partial charge < -0.3 is 33.3 Å². The minimum Gasteiger partial charge on any atom is -0.487 e. The van der Waals surface area contributed by atoms with Crippen molar-refractivity contribution in [2.75, 3.05) is 32.7 Å². The Balaban J connectivity index is 1.42. The van der Waals surface area contributed by atoms with Gasteiger partial charge in [0.1, 0.15) is 23.9 Å². The number of ether oxygens (including phenoxy) is 6. The number of nitrogens with zero attached hydrogens (tertiary/aromatic N) is 1. The van der Waals surface area contributed by atoms with Crippen molar-refractivity contribution in [2.24, 2.45) is 5.92 Å². The first-order valence-electron chi connectivity index (χ1n) is 13.1. The molecule has 3 atom stereocenters. The minimum atomic E-state index is -0.263. The quantitative estimate of drug-likeness (QED) is 0.422. The number of methoxy groups -OCH3 is 2. The molecule has 7 rings (SSSR count). The Morgan fingerprint density at radius 3 is 2.34 bits per heavy atom. The van der Waals surface area contributed by atoms with Crippen LogP contribution in [0.15, 0.2) is 10.5 Å². The van der Waals surface area contributed by atoms with Crippen LogP contribution in [0, 0.1) is 5.92 Å². The lowest BCUT2D eigenvalue weighted by atomic mass is 9.66. The number of anilines is 1. The molecule has 8 heteroatoms. The number of benzene rings is 1. The second kappa shape index (κ2) is 9.35. The summed E-state index contributed by atoms with van der Waals surface area (Å²) >= 11 is 4.00. The number of hydrogen-bond donors (Lipinski definition) is 0. The van der Waals surface area contributed by atoms with E-state index in [0.717, 1.165) is 66.5 Å². The zero-order valence-corrected chi connectivity index (χ0v) is 22.8. The van der Waals surface area contributed by atoms with Crippen LogP contribution in [0.4, 0.5) is 5.69 Å². The summed E-state index contributed by atoms with van der Waals surface area (Å²) in [6.07, 6.45) is 8.38. The summed E-state index contributed by atoms with van der Waals surface area (Å²) in [6, 6.07) is 3.28. The van der Waals surface area contributed by atoms with E-state index in [1.807, 2.05) is 0 Å². The smallest absolute Gasteiger partial charge is 0.188 e. The lowest BCUT2D eigenvalue weighted by molar-refractivity contribution is -0.120. The third-order valence-corrected chi connectivity index (χ3v) is 9.74. The van der Waals surface area contributed by atoms with Crippen LogP contribution in [0.25, 0.3) is 0 Å². The van der Waals surface area contributed by atoms with Crippen LogP contribution in [-0.2, 0) is 18.9 Å². The molecule has 1 aromatic rings. The Kier molecular flexibility index (Phi) is 6.49. The van der Waals surface area contributed by atoms with Crippen molar-refractivity contribution in [3.8, 4) is 11.5 Å². The average Bonchev–Trinajstić information content (AvgIpc) is 2.82. The molecule has 7 nitrogen and oxygen atoms in total. The van der Waals surface area contributed by atoms with Crippen LogP contribution in [0.3, 0.4) is 0 Å². The highest BCUT2D eigenvalue weighted by Gasteiger charge is 2.51. The van der Waals surface area contributed by atoms with Crippen LogP contribution in [0.2, 0.25) is 0 Å². The molecule has 35 heavy (non-hydrogen) atoms.